The summed E-state index contributed by atoms with van der Waals surface area (Å²) in [6.07, 6.45) is 5.76. The molecule has 0 amide bonds. The number of para-hydroxylation sites is 1. The topological polar surface area (TPSA) is 15.7 Å². The van der Waals surface area contributed by atoms with E-state index in [0.29, 0.717) is 18.2 Å². The molecule has 0 unspecified atom stereocenters. The number of methoxy groups -OCH3 is 1. The standard InChI is InChI=1S/C16H24N2O/c1-17-13-9-5-6-10-14(13)18(2)16(17)12-8-4-7-11-15(12)19-3/h4,7-8,11,13-14,16H,5-6,9-10H2,1-3H3/t13-,14-/m1/s1. The van der Waals surface area contributed by atoms with Crippen LogP contribution < -0.4 is 4.74 Å². The molecule has 0 N–H and O–H groups in total. The van der Waals surface area contributed by atoms with Crippen LogP contribution in [0.15, 0.2) is 24.3 Å². The molecule has 1 aromatic carbocycles. The fourth-order valence-corrected chi connectivity index (χ4v) is 4.01. The molecule has 0 bridgehead atoms. The van der Waals surface area contributed by atoms with E-state index in [-0.39, 0.29) is 0 Å². The molecule has 104 valence electrons. The maximum Gasteiger partial charge on any atom is 0.124 e. The van der Waals surface area contributed by atoms with Crippen molar-refractivity contribution in [3.63, 3.8) is 0 Å². The normalized spacial score (nSPS) is 29.4. The van der Waals surface area contributed by atoms with Crippen molar-refractivity contribution in [3.8, 4) is 5.75 Å². The van der Waals surface area contributed by atoms with Gasteiger partial charge in [0.15, 0.2) is 0 Å². The molecule has 3 nitrogen and oxygen atoms in total. The Bertz CT molecular complexity index is 430. The van der Waals surface area contributed by atoms with Crippen LogP contribution in [0.2, 0.25) is 0 Å². The van der Waals surface area contributed by atoms with Crippen molar-refractivity contribution in [2.24, 2.45) is 0 Å². The third-order valence-electron chi connectivity index (χ3n) is 4.93. The molecule has 2 fully saturated rings. The van der Waals surface area contributed by atoms with Crippen LogP contribution in [-0.2, 0) is 0 Å². The van der Waals surface area contributed by atoms with Crippen LogP contribution >= 0.6 is 0 Å². The van der Waals surface area contributed by atoms with E-state index in [1.165, 1.54) is 31.2 Å². The van der Waals surface area contributed by atoms with Gasteiger partial charge in [0.25, 0.3) is 0 Å². The Morgan fingerprint density at radius 1 is 1.00 bits per heavy atom. The number of benzene rings is 1. The highest BCUT2D eigenvalue weighted by atomic mass is 16.5. The Kier molecular flexibility index (Phi) is 3.50. The van der Waals surface area contributed by atoms with Crippen molar-refractivity contribution >= 4 is 0 Å². The second-order valence-electron chi connectivity index (χ2n) is 5.87. The molecule has 0 spiro atoms. The Morgan fingerprint density at radius 2 is 1.58 bits per heavy atom. The lowest BCUT2D eigenvalue weighted by atomic mass is 9.91. The summed E-state index contributed by atoms with van der Waals surface area (Å²) in [6.45, 7) is 0. The molecule has 19 heavy (non-hydrogen) atoms. The Morgan fingerprint density at radius 3 is 2.16 bits per heavy atom. The van der Waals surface area contributed by atoms with Gasteiger partial charge in [-0.3, -0.25) is 9.80 Å². The molecule has 1 aliphatic heterocycles. The second kappa shape index (κ2) is 5.14. The van der Waals surface area contributed by atoms with Crippen LogP contribution in [0.1, 0.15) is 37.4 Å². The van der Waals surface area contributed by atoms with Crippen LogP contribution in [0.3, 0.4) is 0 Å². The highest BCUT2D eigenvalue weighted by Crippen LogP contribution is 2.43. The SMILES string of the molecule is COc1ccccc1C1N(C)[C@@H]2CCCC[C@H]2N1C. The minimum absolute atomic E-state index is 0.351. The molecule has 1 heterocycles. The van der Waals surface area contributed by atoms with E-state index < -0.39 is 0 Å². The van der Waals surface area contributed by atoms with Crippen molar-refractivity contribution in [1.82, 2.24) is 9.80 Å². The third kappa shape index (κ3) is 2.05. The zero-order valence-corrected chi connectivity index (χ0v) is 12.2. The van der Waals surface area contributed by atoms with Gasteiger partial charge in [0.2, 0.25) is 0 Å². The summed E-state index contributed by atoms with van der Waals surface area (Å²) in [6, 6.07) is 9.83. The molecule has 3 heteroatoms. The predicted molar refractivity (Wildman–Crippen MR) is 77.3 cm³/mol. The van der Waals surface area contributed by atoms with Crippen LogP contribution in [-0.4, -0.2) is 43.1 Å². The smallest absolute Gasteiger partial charge is 0.124 e. The number of fused-ring (bicyclic) bond motifs is 1. The summed E-state index contributed by atoms with van der Waals surface area (Å²) in [4.78, 5) is 5.09. The molecule has 0 aromatic heterocycles. The number of hydrogen-bond acceptors (Lipinski definition) is 3. The average molecular weight is 260 g/mol. The molecule has 1 aromatic rings. The summed E-state index contributed by atoms with van der Waals surface area (Å²) in [5.41, 5.74) is 1.30. The fourth-order valence-electron chi connectivity index (χ4n) is 4.01. The number of likely N-dealkylation sites (N-methyl/N-ethyl adjacent to an activating group) is 2. The highest BCUT2D eigenvalue weighted by Gasteiger charge is 2.45. The van der Waals surface area contributed by atoms with E-state index in [4.69, 9.17) is 4.74 Å². The lowest BCUT2D eigenvalue weighted by Gasteiger charge is -2.29. The monoisotopic (exact) mass is 260 g/mol. The Labute approximate surface area is 116 Å². The van der Waals surface area contributed by atoms with Crippen molar-refractivity contribution < 1.29 is 4.74 Å². The van der Waals surface area contributed by atoms with E-state index in [1.54, 1.807) is 7.11 Å². The molecule has 2 atom stereocenters. The number of rotatable bonds is 2. The van der Waals surface area contributed by atoms with E-state index >= 15 is 0 Å². The molecular formula is C16H24N2O. The minimum atomic E-state index is 0.351. The first-order valence-electron chi connectivity index (χ1n) is 7.31. The van der Waals surface area contributed by atoms with Gasteiger partial charge in [0, 0.05) is 17.6 Å². The third-order valence-corrected chi connectivity index (χ3v) is 4.93. The zero-order valence-electron chi connectivity index (χ0n) is 12.2. The lowest BCUT2D eigenvalue weighted by Crippen LogP contribution is -2.37. The van der Waals surface area contributed by atoms with Crippen molar-refractivity contribution in [2.75, 3.05) is 21.2 Å². The Balaban J connectivity index is 1.95. The molecule has 2 aliphatic rings. The van der Waals surface area contributed by atoms with Gasteiger partial charge in [-0.15, -0.1) is 0 Å². The van der Waals surface area contributed by atoms with E-state index in [1.807, 2.05) is 6.07 Å². The lowest BCUT2D eigenvalue weighted by molar-refractivity contribution is 0.160. The summed E-state index contributed by atoms with van der Waals surface area (Å²) in [5, 5.41) is 0. The summed E-state index contributed by atoms with van der Waals surface area (Å²) >= 11 is 0. The van der Waals surface area contributed by atoms with Crippen LogP contribution in [0.4, 0.5) is 0 Å². The van der Waals surface area contributed by atoms with E-state index in [2.05, 4.69) is 42.1 Å². The molecule has 0 radical (unpaired) electrons. The maximum atomic E-state index is 5.55. The van der Waals surface area contributed by atoms with Gasteiger partial charge in [-0.1, -0.05) is 31.0 Å². The molecule has 1 aliphatic carbocycles. The zero-order chi connectivity index (χ0) is 13.4. The van der Waals surface area contributed by atoms with Gasteiger partial charge in [-0.2, -0.15) is 0 Å². The fraction of sp³-hybridized carbons (Fsp3) is 0.625. The van der Waals surface area contributed by atoms with Gasteiger partial charge in [0.1, 0.15) is 5.75 Å². The Hall–Kier alpha value is -1.06. The number of nitrogens with zero attached hydrogens (tertiary/aromatic N) is 2. The molecular weight excluding hydrogens is 236 g/mol. The van der Waals surface area contributed by atoms with Crippen molar-refractivity contribution in [2.45, 2.75) is 43.9 Å². The molecule has 3 rings (SSSR count). The van der Waals surface area contributed by atoms with Gasteiger partial charge in [-0.25, -0.2) is 0 Å². The summed E-state index contributed by atoms with van der Waals surface area (Å²) < 4.78 is 5.55. The first-order chi connectivity index (χ1) is 9.24. The minimum Gasteiger partial charge on any atom is -0.496 e. The van der Waals surface area contributed by atoms with Crippen molar-refractivity contribution in [3.05, 3.63) is 29.8 Å². The van der Waals surface area contributed by atoms with E-state index in [0.717, 1.165) is 5.75 Å². The molecule has 1 saturated carbocycles. The van der Waals surface area contributed by atoms with Crippen molar-refractivity contribution in [1.29, 1.82) is 0 Å². The van der Waals surface area contributed by atoms with E-state index in [9.17, 15) is 0 Å². The number of ether oxygens (including phenoxy) is 1. The summed E-state index contributed by atoms with van der Waals surface area (Å²) in [7, 11) is 6.30. The molecule has 1 saturated heterocycles. The number of hydrogen-bond donors (Lipinski definition) is 0. The second-order valence-corrected chi connectivity index (χ2v) is 5.87. The van der Waals surface area contributed by atoms with Gasteiger partial charge in [0.05, 0.1) is 13.3 Å². The van der Waals surface area contributed by atoms with Crippen LogP contribution in [0.25, 0.3) is 0 Å². The van der Waals surface area contributed by atoms with Gasteiger partial charge >= 0.3 is 0 Å². The quantitative estimate of drug-likeness (QED) is 0.813. The highest BCUT2D eigenvalue weighted by molar-refractivity contribution is 5.36. The first kappa shape index (κ1) is 12.9. The predicted octanol–water partition coefficient (Wildman–Crippen LogP) is 2.88. The average Bonchev–Trinajstić information content (AvgIpc) is 2.71. The van der Waals surface area contributed by atoms with Gasteiger partial charge < -0.3 is 4.74 Å². The van der Waals surface area contributed by atoms with Crippen LogP contribution in [0, 0.1) is 0 Å². The largest absolute Gasteiger partial charge is 0.496 e. The maximum absolute atomic E-state index is 5.55. The summed E-state index contributed by atoms with van der Waals surface area (Å²) in [5.74, 6) is 1.00. The van der Waals surface area contributed by atoms with Crippen LogP contribution in [0.5, 0.6) is 5.75 Å². The van der Waals surface area contributed by atoms with Gasteiger partial charge in [-0.05, 0) is 33.0 Å². The first-order valence-corrected chi connectivity index (χ1v) is 7.31.